The number of likely N-dealkylation sites (tertiary alicyclic amines) is 1. The lowest BCUT2D eigenvalue weighted by molar-refractivity contribution is -0.0156. The summed E-state index contributed by atoms with van der Waals surface area (Å²) in [4.78, 5) is 18.8. The van der Waals surface area contributed by atoms with E-state index in [-0.39, 0.29) is 6.03 Å². The number of nitrogens with one attached hydrogen (secondary N) is 1. The number of carbonyl (C=O) groups excluding carboxylic acids is 1. The van der Waals surface area contributed by atoms with Crippen LogP contribution < -0.4 is 10.2 Å². The van der Waals surface area contributed by atoms with Crippen LogP contribution in [0, 0.1) is 0 Å². The number of aliphatic hydroxyl groups is 2. The van der Waals surface area contributed by atoms with Gasteiger partial charge in [0.1, 0.15) is 6.23 Å². The van der Waals surface area contributed by atoms with Gasteiger partial charge in [-0.1, -0.05) is 23.7 Å². The third kappa shape index (κ3) is 5.44. The van der Waals surface area contributed by atoms with Crippen molar-refractivity contribution in [2.75, 3.05) is 43.4 Å². The predicted molar refractivity (Wildman–Crippen MR) is 132 cm³/mol. The van der Waals surface area contributed by atoms with Gasteiger partial charge in [0.15, 0.2) is 0 Å². The van der Waals surface area contributed by atoms with Gasteiger partial charge >= 0.3 is 6.03 Å². The molecule has 7 nitrogen and oxygen atoms in total. The number of halogens is 1. The van der Waals surface area contributed by atoms with Crippen molar-refractivity contribution in [3.8, 4) is 0 Å². The molecule has 2 aliphatic heterocycles. The van der Waals surface area contributed by atoms with Crippen molar-refractivity contribution >= 4 is 29.0 Å². The Kier molecular flexibility index (Phi) is 7.14. The Morgan fingerprint density at radius 1 is 1.12 bits per heavy atom. The fourth-order valence-corrected chi connectivity index (χ4v) is 4.83. The molecule has 2 saturated heterocycles. The largest absolute Gasteiger partial charge is 0.385 e. The number of urea groups is 1. The van der Waals surface area contributed by atoms with Crippen LogP contribution in [0.4, 0.5) is 16.2 Å². The smallest absolute Gasteiger partial charge is 0.321 e. The van der Waals surface area contributed by atoms with E-state index in [0.717, 1.165) is 36.4 Å². The molecular weight excluding hydrogens is 440 g/mol. The molecule has 2 amide bonds. The van der Waals surface area contributed by atoms with Gasteiger partial charge in [0.2, 0.25) is 0 Å². The SMILES string of the molecule is CC(O)N(C)C1CCN(c2ccc(NC(=O)N3CCC(O)(c4ccc(Cl)cc4)CC3)cc2)C1. The molecule has 2 heterocycles. The Morgan fingerprint density at radius 2 is 1.76 bits per heavy atom. The second-order valence-corrected chi connectivity index (χ2v) is 9.62. The maximum Gasteiger partial charge on any atom is 0.321 e. The van der Waals surface area contributed by atoms with E-state index in [4.69, 9.17) is 11.6 Å². The van der Waals surface area contributed by atoms with Gasteiger partial charge in [0.05, 0.1) is 5.60 Å². The summed E-state index contributed by atoms with van der Waals surface area (Å²) in [5.74, 6) is 0. The number of piperidine rings is 1. The first-order valence-electron chi connectivity index (χ1n) is 11.5. The highest BCUT2D eigenvalue weighted by molar-refractivity contribution is 6.30. The van der Waals surface area contributed by atoms with E-state index in [1.807, 2.05) is 48.3 Å². The highest BCUT2D eigenvalue weighted by Gasteiger charge is 2.35. The number of hydrogen-bond donors (Lipinski definition) is 3. The molecule has 0 radical (unpaired) electrons. The average molecular weight is 473 g/mol. The van der Waals surface area contributed by atoms with Crippen LogP contribution in [0.1, 0.15) is 31.7 Å². The highest BCUT2D eigenvalue weighted by atomic mass is 35.5. The van der Waals surface area contributed by atoms with Crippen LogP contribution in [0.25, 0.3) is 0 Å². The lowest BCUT2D eigenvalue weighted by atomic mass is 9.84. The molecule has 8 heteroatoms. The summed E-state index contributed by atoms with van der Waals surface area (Å²) < 4.78 is 0. The van der Waals surface area contributed by atoms with Crippen molar-refractivity contribution in [3.05, 3.63) is 59.1 Å². The predicted octanol–water partition coefficient (Wildman–Crippen LogP) is 3.70. The first-order valence-corrected chi connectivity index (χ1v) is 11.9. The topological polar surface area (TPSA) is 79.3 Å². The summed E-state index contributed by atoms with van der Waals surface area (Å²) in [7, 11) is 1.95. The standard InChI is InChI=1S/C25H33ClN4O3/c1-18(31)28(2)23-11-14-30(17-23)22-9-7-21(8-10-22)27-24(32)29-15-12-25(33,13-16-29)19-3-5-20(26)6-4-19/h3-10,18,23,31,33H,11-17H2,1-2H3,(H,27,32). The zero-order valence-electron chi connectivity index (χ0n) is 19.2. The minimum Gasteiger partial charge on any atom is -0.385 e. The molecule has 2 atom stereocenters. The fourth-order valence-electron chi connectivity index (χ4n) is 4.70. The number of carbonyl (C=O) groups is 1. The van der Waals surface area contributed by atoms with Gasteiger partial charge in [0, 0.05) is 48.6 Å². The van der Waals surface area contributed by atoms with E-state index in [9.17, 15) is 15.0 Å². The van der Waals surface area contributed by atoms with Gasteiger partial charge in [-0.25, -0.2) is 4.79 Å². The summed E-state index contributed by atoms with van der Waals surface area (Å²) in [5.41, 5.74) is 1.77. The molecule has 0 aliphatic carbocycles. The number of benzene rings is 2. The molecule has 0 bridgehead atoms. The quantitative estimate of drug-likeness (QED) is 0.578. The van der Waals surface area contributed by atoms with Gasteiger partial charge in [0.25, 0.3) is 0 Å². The van der Waals surface area contributed by atoms with Gasteiger partial charge in [-0.2, -0.15) is 0 Å². The van der Waals surface area contributed by atoms with E-state index in [1.165, 1.54) is 0 Å². The Bertz CT molecular complexity index is 943. The third-order valence-corrected chi connectivity index (χ3v) is 7.32. The Balaban J connectivity index is 1.29. The third-order valence-electron chi connectivity index (χ3n) is 7.07. The molecule has 3 N–H and O–H groups in total. The molecule has 2 aromatic carbocycles. The van der Waals surface area contributed by atoms with E-state index in [1.54, 1.807) is 24.0 Å². The second-order valence-electron chi connectivity index (χ2n) is 9.19. The van der Waals surface area contributed by atoms with E-state index in [0.29, 0.717) is 37.0 Å². The molecule has 4 rings (SSSR count). The zero-order chi connectivity index (χ0) is 23.6. The Morgan fingerprint density at radius 3 is 2.36 bits per heavy atom. The average Bonchev–Trinajstić information content (AvgIpc) is 3.30. The number of anilines is 2. The number of amides is 2. The summed E-state index contributed by atoms with van der Waals surface area (Å²) in [6, 6.07) is 15.3. The summed E-state index contributed by atoms with van der Waals surface area (Å²) in [6.07, 6.45) is 1.53. The normalized spacial score (nSPS) is 21.3. The maximum absolute atomic E-state index is 12.8. The molecule has 2 aliphatic rings. The summed E-state index contributed by atoms with van der Waals surface area (Å²) in [5, 5.41) is 24.4. The van der Waals surface area contributed by atoms with Crippen LogP contribution in [0.5, 0.6) is 0 Å². The first-order chi connectivity index (χ1) is 15.7. The maximum atomic E-state index is 12.8. The van der Waals surface area contributed by atoms with Crippen molar-refractivity contribution in [2.24, 2.45) is 0 Å². The fraction of sp³-hybridized carbons (Fsp3) is 0.480. The number of rotatable bonds is 5. The van der Waals surface area contributed by atoms with Gasteiger partial charge in [-0.05, 0) is 75.2 Å². The number of likely N-dealkylation sites (N-methyl/N-ethyl adjacent to an activating group) is 1. The lowest BCUT2D eigenvalue weighted by Crippen LogP contribution is -2.46. The van der Waals surface area contributed by atoms with Crippen LogP contribution in [0.2, 0.25) is 5.02 Å². The molecule has 0 saturated carbocycles. The first kappa shape index (κ1) is 23.8. The van der Waals surface area contributed by atoms with Crippen LogP contribution in [-0.4, -0.2) is 71.5 Å². The molecule has 0 aromatic heterocycles. The number of aliphatic hydroxyl groups excluding tert-OH is 1. The number of hydrogen-bond acceptors (Lipinski definition) is 5. The molecule has 2 fully saturated rings. The molecule has 178 valence electrons. The van der Waals surface area contributed by atoms with Crippen LogP contribution >= 0.6 is 11.6 Å². The van der Waals surface area contributed by atoms with Gasteiger partial charge < -0.3 is 25.3 Å². The summed E-state index contributed by atoms with van der Waals surface area (Å²) in [6.45, 7) is 4.57. The van der Waals surface area contributed by atoms with Crippen molar-refractivity contribution < 1.29 is 15.0 Å². The van der Waals surface area contributed by atoms with Crippen molar-refractivity contribution in [3.63, 3.8) is 0 Å². The minimum atomic E-state index is -0.932. The molecular formula is C25H33ClN4O3. The van der Waals surface area contributed by atoms with Crippen molar-refractivity contribution in [1.82, 2.24) is 9.80 Å². The van der Waals surface area contributed by atoms with Crippen LogP contribution in [0.15, 0.2) is 48.5 Å². The summed E-state index contributed by atoms with van der Waals surface area (Å²) >= 11 is 5.96. The van der Waals surface area contributed by atoms with Gasteiger partial charge in [-0.3, -0.25) is 4.90 Å². The highest BCUT2D eigenvalue weighted by Crippen LogP contribution is 2.33. The van der Waals surface area contributed by atoms with Crippen molar-refractivity contribution in [2.45, 2.75) is 44.1 Å². The van der Waals surface area contributed by atoms with Gasteiger partial charge in [-0.15, -0.1) is 0 Å². The Labute approximate surface area is 200 Å². The monoisotopic (exact) mass is 472 g/mol. The molecule has 0 spiro atoms. The zero-order valence-corrected chi connectivity index (χ0v) is 20.0. The second kappa shape index (κ2) is 9.89. The van der Waals surface area contributed by atoms with E-state index < -0.39 is 11.8 Å². The lowest BCUT2D eigenvalue weighted by Gasteiger charge is -2.38. The van der Waals surface area contributed by atoms with E-state index in [2.05, 4.69) is 10.2 Å². The minimum absolute atomic E-state index is 0.152. The Hall–Kier alpha value is -2.32. The molecule has 2 unspecified atom stereocenters. The van der Waals surface area contributed by atoms with Crippen LogP contribution in [0.3, 0.4) is 0 Å². The molecule has 33 heavy (non-hydrogen) atoms. The number of nitrogens with zero attached hydrogens (tertiary/aromatic N) is 3. The van der Waals surface area contributed by atoms with E-state index >= 15 is 0 Å². The van der Waals surface area contributed by atoms with Crippen LogP contribution in [-0.2, 0) is 5.60 Å². The van der Waals surface area contributed by atoms with Crippen molar-refractivity contribution in [1.29, 1.82) is 0 Å². The molecule has 2 aromatic rings.